The zero-order valence-electron chi connectivity index (χ0n) is 19.5. The molecule has 1 aliphatic carbocycles. The predicted molar refractivity (Wildman–Crippen MR) is 121 cm³/mol. The molecule has 0 aromatic carbocycles. The average Bonchev–Trinajstić information content (AvgIpc) is 3.47. The number of rotatable bonds is 9. The number of hydrogen-bond donors (Lipinski definition) is 4. The Labute approximate surface area is 208 Å². The Kier molecular flexibility index (Phi) is 7.37. The Hall–Kier alpha value is -3.33. The average molecular weight is 531 g/mol. The number of alkyl halides is 5. The minimum Gasteiger partial charge on any atom is -0.463 e. The molecule has 1 aliphatic heterocycles. The van der Waals surface area contributed by atoms with Crippen LogP contribution in [0.25, 0.3) is 0 Å². The van der Waals surface area contributed by atoms with Crippen molar-refractivity contribution in [1.82, 2.24) is 20.3 Å². The number of aromatic nitrogens is 3. The number of pyridine rings is 1. The molecule has 0 spiro atoms. The summed E-state index contributed by atoms with van der Waals surface area (Å²) in [5, 5.41) is 12.2. The van der Waals surface area contributed by atoms with E-state index >= 15 is 0 Å². The van der Waals surface area contributed by atoms with Gasteiger partial charge < -0.3 is 26.2 Å². The molecule has 202 valence electrons. The number of hydrogen-bond acceptors (Lipinski definition) is 9. The molecule has 2 aromatic heterocycles. The van der Waals surface area contributed by atoms with E-state index in [-0.39, 0.29) is 47.8 Å². The number of nitrogens with zero attached hydrogens (tertiary/aromatic N) is 4. The molecule has 10 nitrogen and oxygen atoms in total. The molecule has 0 radical (unpaired) electrons. The minimum atomic E-state index is -4.57. The van der Waals surface area contributed by atoms with E-state index in [9.17, 15) is 31.9 Å². The van der Waals surface area contributed by atoms with Crippen molar-refractivity contribution in [2.45, 2.75) is 43.5 Å². The summed E-state index contributed by atoms with van der Waals surface area (Å²) in [6.45, 7) is -0.961. The van der Waals surface area contributed by atoms with Gasteiger partial charge in [0.25, 0.3) is 11.8 Å². The molecule has 1 saturated heterocycles. The quantitative estimate of drug-likeness (QED) is 0.282. The standard InChI is InChI=1S/C22H26F5N7O3/c23-21(24)8-12(21)9-37-20-32-15(19(36)30-10-22(25,26)27)7-16(33-20)34-5-3-11(4-6-34)14-2-1-13(28)17(31-14)18(29)35/h1-2,7,11-12,19,30,36H,3-6,8-10,28H2,(H2,29,35). The third-order valence-corrected chi connectivity index (χ3v) is 6.28. The Balaban J connectivity index is 1.48. The molecule has 3 heterocycles. The lowest BCUT2D eigenvalue weighted by molar-refractivity contribution is -0.131. The molecule has 2 unspecified atom stereocenters. The summed E-state index contributed by atoms with van der Waals surface area (Å²) in [4.78, 5) is 25.8. The molecule has 1 saturated carbocycles. The fourth-order valence-corrected chi connectivity index (χ4v) is 4.05. The highest BCUT2D eigenvalue weighted by molar-refractivity contribution is 5.95. The zero-order valence-corrected chi connectivity index (χ0v) is 19.5. The number of aliphatic hydroxyl groups excluding tert-OH is 1. The zero-order chi connectivity index (χ0) is 27.0. The van der Waals surface area contributed by atoms with Crippen molar-refractivity contribution in [3.63, 3.8) is 0 Å². The van der Waals surface area contributed by atoms with Crippen LogP contribution in [-0.4, -0.2) is 64.3 Å². The second-order valence-electron chi connectivity index (χ2n) is 9.10. The van der Waals surface area contributed by atoms with Crippen LogP contribution in [0.4, 0.5) is 33.5 Å². The number of nitrogens with one attached hydrogen (secondary N) is 1. The topological polar surface area (TPSA) is 153 Å². The van der Waals surface area contributed by atoms with Gasteiger partial charge in [0, 0.05) is 37.2 Å². The smallest absolute Gasteiger partial charge is 0.401 e. The summed E-state index contributed by atoms with van der Waals surface area (Å²) in [5.74, 6) is -4.33. The van der Waals surface area contributed by atoms with Gasteiger partial charge in [-0.25, -0.2) is 13.8 Å². The maximum atomic E-state index is 13.2. The monoisotopic (exact) mass is 531 g/mol. The number of ether oxygens (including phenoxy) is 1. The number of amides is 1. The van der Waals surface area contributed by atoms with Crippen molar-refractivity contribution in [1.29, 1.82) is 0 Å². The highest BCUT2D eigenvalue weighted by Gasteiger charge is 2.57. The van der Waals surface area contributed by atoms with Gasteiger partial charge in [0.05, 0.1) is 23.8 Å². The molecule has 2 atom stereocenters. The Bertz CT molecular complexity index is 1140. The summed E-state index contributed by atoms with van der Waals surface area (Å²) in [6.07, 6.45) is -5.54. The molecule has 0 bridgehead atoms. The first-order valence-electron chi connectivity index (χ1n) is 11.5. The van der Waals surface area contributed by atoms with Gasteiger partial charge in [0.1, 0.15) is 18.7 Å². The van der Waals surface area contributed by atoms with Crippen LogP contribution in [0.15, 0.2) is 18.2 Å². The summed E-state index contributed by atoms with van der Waals surface area (Å²) < 4.78 is 69.6. The third-order valence-electron chi connectivity index (χ3n) is 6.28. The number of anilines is 2. The van der Waals surface area contributed by atoms with E-state index in [4.69, 9.17) is 16.2 Å². The van der Waals surface area contributed by atoms with Gasteiger partial charge >= 0.3 is 12.2 Å². The van der Waals surface area contributed by atoms with Gasteiger partial charge in [-0.15, -0.1) is 0 Å². The highest BCUT2D eigenvalue weighted by Crippen LogP contribution is 2.48. The SMILES string of the molecule is NC(=O)c1nc(C2CCN(c3cc(C(O)NCC(F)(F)F)nc(OCC4CC4(F)F)n3)CC2)ccc1N. The number of nitrogens with two attached hydrogens (primary N) is 2. The fourth-order valence-electron chi connectivity index (χ4n) is 4.05. The molecular weight excluding hydrogens is 505 g/mol. The van der Waals surface area contributed by atoms with Gasteiger partial charge in [-0.05, 0) is 25.0 Å². The molecule has 2 fully saturated rings. The summed E-state index contributed by atoms with van der Waals surface area (Å²) in [7, 11) is 0. The van der Waals surface area contributed by atoms with E-state index < -0.39 is 36.7 Å². The van der Waals surface area contributed by atoms with E-state index in [0.717, 1.165) is 0 Å². The first-order chi connectivity index (χ1) is 17.3. The van der Waals surface area contributed by atoms with Crippen LogP contribution in [0, 0.1) is 5.92 Å². The summed E-state index contributed by atoms with van der Waals surface area (Å²) in [5.41, 5.74) is 11.7. The molecule has 2 aromatic rings. The number of aliphatic hydroxyl groups is 1. The normalized spacial score (nSPS) is 20.5. The summed E-state index contributed by atoms with van der Waals surface area (Å²) >= 11 is 0. The van der Waals surface area contributed by atoms with Crippen molar-refractivity contribution in [3.05, 3.63) is 35.3 Å². The second-order valence-corrected chi connectivity index (χ2v) is 9.10. The van der Waals surface area contributed by atoms with Crippen molar-refractivity contribution >= 4 is 17.4 Å². The van der Waals surface area contributed by atoms with Crippen LogP contribution in [0.5, 0.6) is 6.01 Å². The molecular formula is C22H26F5N7O3. The predicted octanol–water partition coefficient (Wildman–Crippen LogP) is 2.11. The number of carbonyl (C=O) groups excluding carboxylic acids is 1. The number of nitrogen functional groups attached to an aromatic ring is 1. The van der Waals surface area contributed by atoms with E-state index in [0.29, 0.717) is 31.6 Å². The number of halogens is 5. The molecule has 1 amide bonds. The molecule has 4 rings (SSSR count). The number of carbonyl (C=O) groups is 1. The van der Waals surface area contributed by atoms with E-state index in [1.54, 1.807) is 12.1 Å². The van der Waals surface area contributed by atoms with Crippen LogP contribution in [0.3, 0.4) is 0 Å². The molecule has 37 heavy (non-hydrogen) atoms. The first-order valence-corrected chi connectivity index (χ1v) is 11.5. The Morgan fingerprint density at radius 3 is 2.51 bits per heavy atom. The van der Waals surface area contributed by atoms with Gasteiger partial charge in [0.2, 0.25) is 0 Å². The van der Waals surface area contributed by atoms with Gasteiger partial charge in [-0.2, -0.15) is 23.1 Å². The van der Waals surface area contributed by atoms with Crippen LogP contribution < -0.4 is 26.4 Å². The molecule has 15 heteroatoms. The maximum absolute atomic E-state index is 13.2. The highest BCUT2D eigenvalue weighted by atomic mass is 19.4. The largest absolute Gasteiger partial charge is 0.463 e. The fraction of sp³-hybridized carbons (Fsp3) is 0.545. The van der Waals surface area contributed by atoms with Crippen molar-refractivity contribution in [3.8, 4) is 6.01 Å². The van der Waals surface area contributed by atoms with Gasteiger partial charge in [-0.3, -0.25) is 10.1 Å². The molecule has 2 aliphatic rings. The van der Waals surface area contributed by atoms with E-state index in [1.165, 1.54) is 6.07 Å². The van der Waals surface area contributed by atoms with Crippen molar-refractivity contribution < 1.29 is 36.6 Å². The number of primary amides is 1. The van der Waals surface area contributed by atoms with Crippen LogP contribution in [0.1, 0.15) is 53.3 Å². The summed E-state index contributed by atoms with van der Waals surface area (Å²) in [6, 6.07) is 4.28. The van der Waals surface area contributed by atoms with E-state index in [2.05, 4.69) is 15.0 Å². The van der Waals surface area contributed by atoms with Gasteiger partial charge in [0.15, 0.2) is 5.69 Å². The molecule has 6 N–H and O–H groups in total. The lowest BCUT2D eigenvalue weighted by Gasteiger charge is -2.33. The van der Waals surface area contributed by atoms with Crippen LogP contribution >= 0.6 is 0 Å². The third kappa shape index (κ3) is 6.71. The Morgan fingerprint density at radius 2 is 1.92 bits per heavy atom. The van der Waals surface area contributed by atoms with Crippen LogP contribution in [0.2, 0.25) is 0 Å². The van der Waals surface area contributed by atoms with Crippen molar-refractivity contribution in [2.75, 3.05) is 36.9 Å². The first kappa shape index (κ1) is 26.7. The second kappa shape index (κ2) is 10.2. The van der Waals surface area contributed by atoms with Crippen LogP contribution in [-0.2, 0) is 0 Å². The lowest BCUT2D eigenvalue weighted by atomic mass is 9.92. The Morgan fingerprint density at radius 1 is 1.24 bits per heavy atom. The maximum Gasteiger partial charge on any atom is 0.401 e. The minimum absolute atomic E-state index is 0.0104. The number of piperidine rings is 1. The van der Waals surface area contributed by atoms with Crippen molar-refractivity contribution in [2.24, 2.45) is 11.7 Å². The van der Waals surface area contributed by atoms with Gasteiger partial charge in [-0.1, -0.05) is 0 Å². The van der Waals surface area contributed by atoms with E-state index in [1.807, 2.05) is 10.2 Å². The lowest BCUT2D eigenvalue weighted by Crippen LogP contribution is -2.35.